The van der Waals surface area contributed by atoms with Gasteiger partial charge in [0.05, 0.1) is 16.8 Å². The number of rotatable bonds is 3. The first kappa shape index (κ1) is 16.7. The maximum atomic E-state index is 12.9. The number of halogens is 2. The van der Waals surface area contributed by atoms with Crippen molar-refractivity contribution in [2.24, 2.45) is 0 Å². The van der Waals surface area contributed by atoms with Gasteiger partial charge < -0.3 is 10.6 Å². The van der Waals surface area contributed by atoms with Crippen LogP contribution in [0.25, 0.3) is 0 Å². The van der Waals surface area contributed by atoms with Gasteiger partial charge in [0, 0.05) is 0 Å². The lowest BCUT2D eigenvalue weighted by Gasteiger charge is -2.19. The molecule has 0 aliphatic carbocycles. The van der Waals surface area contributed by atoms with E-state index in [4.69, 9.17) is 23.8 Å². The lowest BCUT2D eigenvalue weighted by atomic mass is 10.1. The summed E-state index contributed by atoms with van der Waals surface area (Å²) >= 11 is 11.6. The molecule has 0 aliphatic heterocycles. The molecule has 0 fully saturated rings. The van der Waals surface area contributed by atoms with Crippen molar-refractivity contribution in [3.8, 4) is 0 Å². The van der Waals surface area contributed by atoms with E-state index < -0.39 is 0 Å². The fourth-order valence-electron chi connectivity index (χ4n) is 2.26. The van der Waals surface area contributed by atoms with E-state index in [2.05, 4.69) is 10.6 Å². The lowest BCUT2D eigenvalue weighted by molar-refractivity contribution is 0.624. The maximum Gasteiger partial charge on any atom is 0.171 e. The van der Waals surface area contributed by atoms with E-state index in [0.29, 0.717) is 10.1 Å². The fraction of sp³-hybridized carbons (Fsp3) is 0.235. The number of hydrogen-bond donors (Lipinski definition) is 2. The van der Waals surface area contributed by atoms with Crippen LogP contribution in [0.2, 0.25) is 5.02 Å². The Morgan fingerprint density at radius 1 is 1.18 bits per heavy atom. The Morgan fingerprint density at radius 2 is 1.82 bits per heavy atom. The highest BCUT2D eigenvalue weighted by Gasteiger charge is 2.10. The van der Waals surface area contributed by atoms with Crippen molar-refractivity contribution in [2.45, 2.75) is 26.8 Å². The monoisotopic (exact) mass is 336 g/mol. The highest BCUT2D eigenvalue weighted by molar-refractivity contribution is 7.80. The first-order valence-corrected chi connectivity index (χ1v) is 7.75. The van der Waals surface area contributed by atoms with Gasteiger partial charge in [-0.05, 0) is 67.9 Å². The molecule has 0 aromatic heterocycles. The van der Waals surface area contributed by atoms with Gasteiger partial charge in [0.1, 0.15) is 5.82 Å². The minimum Gasteiger partial charge on any atom is -0.356 e. The third kappa shape index (κ3) is 4.18. The van der Waals surface area contributed by atoms with Gasteiger partial charge in [-0.25, -0.2) is 4.39 Å². The maximum absolute atomic E-state index is 12.9. The Bertz CT molecular complexity index is 663. The van der Waals surface area contributed by atoms with Crippen LogP contribution in [0, 0.1) is 19.7 Å². The predicted molar refractivity (Wildman–Crippen MR) is 95.1 cm³/mol. The van der Waals surface area contributed by atoms with Crippen LogP contribution in [0.5, 0.6) is 0 Å². The summed E-state index contributed by atoms with van der Waals surface area (Å²) in [7, 11) is 0. The largest absolute Gasteiger partial charge is 0.356 e. The standard InChI is InChI=1S/C17H18ClFN2S/c1-10-8-11(2)16(15(18)9-10)21-17(22)20-12(3)13-4-6-14(19)7-5-13/h4-9,12H,1-3H3,(H2,20,21,22)/t12-/m0/s1. The van der Waals surface area contributed by atoms with Crippen LogP contribution in [-0.2, 0) is 0 Å². The molecule has 2 rings (SSSR count). The average molecular weight is 337 g/mol. The van der Waals surface area contributed by atoms with Gasteiger partial charge in [0.2, 0.25) is 0 Å². The molecule has 116 valence electrons. The zero-order valence-corrected chi connectivity index (χ0v) is 14.3. The minimum absolute atomic E-state index is 0.0369. The van der Waals surface area contributed by atoms with Gasteiger partial charge in [-0.15, -0.1) is 0 Å². The van der Waals surface area contributed by atoms with Crippen LogP contribution >= 0.6 is 23.8 Å². The Balaban J connectivity index is 2.05. The summed E-state index contributed by atoms with van der Waals surface area (Å²) in [5, 5.41) is 7.42. The average Bonchev–Trinajstić information content (AvgIpc) is 2.43. The van der Waals surface area contributed by atoms with Crippen molar-refractivity contribution in [1.29, 1.82) is 0 Å². The molecule has 0 saturated carbocycles. The molecule has 0 radical (unpaired) electrons. The molecule has 22 heavy (non-hydrogen) atoms. The van der Waals surface area contributed by atoms with Gasteiger partial charge >= 0.3 is 0 Å². The number of aryl methyl sites for hydroxylation is 2. The molecule has 0 spiro atoms. The number of nitrogens with one attached hydrogen (secondary N) is 2. The second-order valence-corrected chi connectivity index (χ2v) is 6.13. The van der Waals surface area contributed by atoms with Gasteiger partial charge in [0.25, 0.3) is 0 Å². The fourth-order valence-corrected chi connectivity index (χ4v) is 2.90. The molecule has 2 aromatic rings. The Hall–Kier alpha value is -1.65. The van der Waals surface area contributed by atoms with Gasteiger partial charge in [0.15, 0.2) is 5.11 Å². The molecule has 0 amide bonds. The van der Waals surface area contributed by atoms with Crippen molar-refractivity contribution in [3.63, 3.8) is 0 Å². The predicted octanol–water partition coefficient (Wildman–Crippen LogP) is 5.14. The summed E-state index contributed by atoms with van der Waals surface area (Å²) in [6, 6.07) is 10.2. The summed E-state index contributed by atoms with van der Waals surface area (Å²) < 4.78 is 12.9. The third-order valence-corrected chi connectivity index (χ3v) is 3.91. The van der Waals surface area contributed by atoms with Crippen LogP contribution in [0.15, 0.2) is 36.4 Å². The summed E-state index contributed by atoms with van der Waals surface area (Å²) in [6.45, 7) is 5.94. The quantitative estimate of drug-likeness (QED) is 0.758. The van der Waals surface area contributed by atoms with Gasteiger partial charge in [-0.1, -0.05) is 29.8 Å². The molecule has 2 N–H and O–H groups in total. The molecule has 1 atom stereocenters. The highest BCUT2D eigenvalue weighted by Crippen LogP contribution is 2.27. The summed E-state index contributed by atoms with van der Waals surface area (Å²) in [5.74, 6) is -0.251. The van der Waals surface area contributed by atoms with Gasteiger partial charge in [-0.3, -0.25) is 0 Å². The number of thiocarbonyl (C=S) groups is 1. The first-order valence-electron chi connectivity index (χ1n) is 6.96. The second-order valence-electron chi connectivity index (χ2n) is 5.31. The van der Waals surface area contributed by atoms with Crippen LogP contribution in [0.1, 0.15) is 29.7 Å². The van der Waals surface area contributed by atoms with E-state index in [0.717, 1.165) is 22.4 Å². The molecular formula is C17H18ClFN2S. The highest BCUT2D eigenvalue weighted by atomic mass is 35.5. The zero-order valence-electron chi connectivity index (χ0n) is 12.7. The summed E-state index contributed by atoms with van der Waals surface area (Å²) in [4.78, 5) is 0. The molecule has 2 nitrogen and oxygen atoms in total. The molecule has 0 aliphatic rings. The molecule has 0 heterocycles. The Labute approximate surface area is 140 Å². The van der Waals surface area contributed by atoms with E-state index in [-0.39, 0.29) is 11.9 Å². The molecule has 0 bridgehead atoms. The Morgan fingerprint density at radius 3 is 2.41 bits per heavy atom. The number of hydrogen-bond acceptors (Lipinski definition) is 1. The zero-order chi connectivity index (χ0) is 16.3. The van der Waals surface area contributed by atoms with Crippen molar-refractivity contribution >= 4 is 34.6 Å². The van der Waals surface area contributed by atoms with E-state index in [1.54, 1.807) is 12.1 Å². The molecule has 0 unspecified atom stereocenters. The van der Waals surface area contributed by atoms with E-state index in [1.807, 2.05) is 32.9 Å². The molecular weight excluding hydrogens is 319 g/mol. The van der Waals surface area contributed by atoms with Crippen LogP contribution < -0.4 is 10.6 Å². The number of anilines is 1. The SMILES string of the molecule is Cc1cc(C)c(NC(=S)N[C@@H](C)c2ccc(F)cc2)c(Cl)c1. The van der Waals surface area contributed by atoms with E-state index in [1.165, 1.54) is 12.1 Å². The van der Waals surface area contributed by atoms with Crippen molar-refractivity contribution < 1.29 is 4.39 Å². The smallest absolute Gasteiger partial charge is 0.171 e. The normalized spacial score (nSPS) is 11.9. The van der Waals surface area contributed by atoms with Crippen LogP contribution in [-0.4, -0.2) is 5.11 Å². The topological polar surface area (TPSA) is 24.1 Å². The molecule has 0 saturated heterocycles. The molecule has 2 aromatic carbocycles. The van der Waals surface area contributed by atoms with Crippen molar-refractivity contribution in [1.82, 2.24) is 5.32 Å². The van der Waals surface area contributed by atoms with Crippen LogP contribution in [0.3, 0.4) is 0 Å². The summed E-state index contributed by atoms with van der Waals surface area (Å²) in [6.07, 6.45) is 0. The van der Waals surface area contributed by atoms with E-state index >= 15 is 0 Å². The number of benzene rings is 2. The van der Waals surface area contributed by atoms with Crippen molar-refractivity contribution in [3.05, 3.63) is 63.9 Å². The second kappa shape index (κ2) is 7.07. The Kier molecular flexibility index (Phi) is 5.37. The van der Waals surface area contributed by atoms with Gasteiger partial charge in [-0.2, -0.15) is 0 Å². The van der Waals surface area contributed by atoms with E-state index in [9.17, 15) is 4.39 Å². The minimum atomic E-state index is -0.251. The lowest BCUT2D eigenvalue weighted by Crippen LogP contribution is -2.31. The third-order valence-electron chi connectivity index (χ3n) is 3.39. The van der Waals surface area contributed by atoms with Crippen molar-refractivity contribution in [2.75, 3.05) is 5.32 Å². The summed E-state index contributed by atoms with van der Waals surface area (Å²) in [5.41, 5.74) is 3.89. The van der Waals surface area contributed by atoms with Crippen LogP contribution in [0.4, 0.5) is 10.1 Å². The molecule has 5 heteroatoms. The first-order chi connectivity index (χ1) is 10.4.